The van der Waals surface area contributed by atoms with Crippen LogP contribution in [0.4, 0.5) is 5.69 Å². The van der Waals surface area contributed by atoms with Gasteiger partial charge in [-0.1, -0.05) is 24.8 Å². The van der Waals surface area contributed by atoms with E-state index in [1.54, 1.807) is 48.5 Å². The molecule has 0 fully saturated rings. The number of para-hydroxylation sites is 1. The smallest absolute Gasteiger partial charge is 0.335 e. The van der Waals surface area contributed by atoms with Crippen molar-refractivity contribution in [1.29, 1.82) is 0 Å². The largest absolute Gasteiger partial charge is 0.618 e. The van der Waals surface area contributed by atoms with Crippen LogP contribution in [0.15, 0.2) is 67.3 Å². The summed E-state index contributed by atoms with van der Waals surface area (Å²) >= 11 is 0. The third-order valence-electron chi connectivity index (χ3n) is 2.54. The Balaban J connectivity index is 2.14. The second-order valence-corrected chi connectivity index (χ2v) is 3.98. The lowest BCUT2D eigenvalue weighted by molar-refractivity contribution is -0.354. The van der Waals surface area contributed by atoms with Crippen molar-refractivity contribution < 1.29 is 14.3 Å². The van der Waals surface area contributed by atoms with Crippen molar-refractivity contribution in [2.24, 2.45) is 0 Å². The van der Waals surface area contributed by atoms with Crippen LogP contribution in [0.5, 0.6) is 5.75 Å². The van der Waals surface area contributed by atoms with Crippen LogP contribution in [-0.2, 0) is 4.79 Å². The van der Waals surface area contributed by atoms with E-state index >= 15 is 0 Å². The fourth-order valence-corrected chi connectivity index (χ4v) is 1.56. The monoisotopic (exact) mass is 267 g/mol. The lowest BCUT2D eigenvalue weighted by Crippen LogP contribution is -2.03. The molecule has 20 heavy (non-hydrogen) atoms. The summed E-state index contributed by atoms with van der Waals surface area (Å²) in [6.45, 7) is 3.32. The minimum atomic E-state index is -0.517. The molecular weight excluding hydrogens is 254 g/mol. The molecule has 0 aliphatic heterocycles. The highest BCUT2D eigenvalue weighted by molar-refractivity contribution is 5.83. The van der Waals surface area contributed by atoms with Crippen LogP contribution in [0.1, 0.15) is 5.56 Å². The van der Waals surface area contributed by atoms with Gasteiger partial charge in [0.05, 0.1) is 0 Å². The maximum Gasteiger partial charge on any atom is 0.335 e. The summed E-state index contributed by atoms with van der Waals surface area (Å²) in [5, 5.41) is 11.9. The predicted octanol–water partition coefficient (Wildman–Crippen LogP) is 3.04. The molecule has 2 aromatic rings. The van der Waals surface area contributed by atoms with Crippen LogP contribution in [0, 0.1) is 5.21 Å². The lowest BCUT2D eigenvalue weighted by atomic mass is 10.2. The number of carbonyl (C=O) groups excluding carboxylic acids is 1. The number of ether oxygens (including phenoxy) is 1. The minimum Gasteiger partial charge on any atom is -0.618 e. The molecule has 0 N–H and O–H groups in total. The average molecular weight is 267 g/mol. The van der Waals surface area contributed by atoms with Crippen LogP contribution >= 0.6 is 0 Å². The van der Waals surface area contributed by atoms with Gasteiger partial charge in [0.15, 0.2) is 6.21 Å². The van der Waals surface area contributed by atoms with Crippen LogP contribution in [0.3, 0.4) is 0 Å². The van der Waals surface area contributed by atoms with Gasteiger partial charge in [-0.25, -0.2) is 4.79 Å². The van der Waals surface area contributed by atoms with Gasteiger partial charge in [0.1, 0.15) is 5.75 Å². The molecule has 4 heteroatoms. The quantitative estimate of drug-likeness (QED) is 0.163. The third kappa shape index (κ3) is 3.55. The van der Waals surface area contributed by atoms with E-state index < -0.39 is 5.97 Å². The van der Waals surface area contributed by atoms with Gasteiger partial charge in [-0.05, 0) is 24.3 Å². The van der Waals surface area contributed by atoms with Crippen molar-refractivity contribution in [1.82, 2.24) is 0 Å². The van der Waals surface area contributed by atoms with Crippen molar-refractivity contribution in [3.63, 3.8) is 0 Å². The Kier molecular flexibility index (Phi) is 4.29. The summed E-state index contributed by atoms with van der Waals surface area (Å²) in [4.78, 5) is 11.0. The normalized spacial score (nSPS) is 10.9. The average Bonchev–Trinajstić information content (AvgIpc) is 2.50. The molecule has 0 spiro atoms. The highest BCUT2D eigenvalue weighted by atomic mass is 16.5. The van der Waals surface area contributed by atoms with Crippen LogP contribution in [0.25, 0.3) is 0 Å². The van der Waals surface area contributed by atoms with Crippen molar-refractivity contribution in [3.8, 4) is 5.75 Å². The molecule has 4 nitrogen and oxygen atoms in total. The zero-order valence-electron chi connectivity index (χ0n) is 10.7. The molecule has 0 amide bonds. The fourth-order valence-electron chi connectivity index (χ4n) is 1.56. The van der Waals surface area contributed by atoms with Gasteiger partial charge in [0, 0.05) is 23.8 Å². The zero-order valence-corrected chi connectivity index (χ0v) is 10.7. The molecule has 0 unspecified atom stereocenters. The molecule has 0 bridgehead atoms. The second-order valence-electron chi connectivity index (χ2n) is 3.98. The minimum absolute atomic E-state index is 0.407. The van der Waals surface area contributed by atoms with Crippen molar-refractivity contribution in [3.05, 3.63) is 78.0 Å². The highest BCUT2D eigenvalue weighted by Crippen LogP contribution is 2.13. The van der Waals surface area contributed by atoms with E-state index in [1.807, 2.05) is 6.07 Å². The van der Waals surface area contributed by atoms with Crippen LogP contribution in [0.2, 0.25) is 0 Å². The molecule has 2 aromatic carbocycles. The van der Waals surface area contributed by atoms with Gasteiger partial charge in [-0.3, -0.25) is 0 Å². The number of esters is 1. The van der Waals surface area contributed by atoms with Gasteiger partial charge in [-0.2, -0.15) is 4.74 Å². The van der Waals surface area contributed by atoms with E-state index in [0.717, 1.165) is 10.8 Å². The molecule has 0 heterocycles. The molecule has 100 valence electrons. The number of hydrogen-bond acceptors (Lipinski definition) is 3. The van der Waals surface area contributed by atoms with Gasteiger partial charge >= 0.3 is 5.97 Å². The SMILES string of the molecule is C=CC(=O)Oc1ccc(/C=[N+](/[O-])c2ccccc2)cc1. The van der Waals surface area contributed by atoms with Gasteiger partial charge < -0.3 is 9.94 Å². The number of hydrogen-bond donors (Lipinski definition) is 0. The predicted molar refractivity (Wildman–Crippen MR) is 77.2 cm³/mol. The first-order valence-corrected chi connectivity index (χ1v) is 5.99. The topological polar surface area (TPSA) is 52.4 Å². The third-order valence-corrected chi connectivity index (χ3v) is 2.54. The molecular formula is C16H13NO3. The standard InChI is InChI=1S/C16H13NO3/c1-2-16(18)20-15-10-8-13(9-11-15)12-17(19)14-6-4-3-5-7-14/h2-12H,1H2/b17-12+. The van der Waals surface area contributed by atoms with E-state index in [4.69, 9.17) is 4.74 Å². The lowest BCUT2D eigenvalue weighted by Gasteiger charge is -2.03. The van der Waals surface area contributed by atoms with Crippen molar-refractivity contribution >= 4 is 17.9 Å². The molecule has 2 rings (SSSR count). The summed E-state index contributed by atoms with van der Waals surface area (Å²) < 4.78 is 5.73. The molecule has 0 atom stereocenters. The first-order chi connectivity index (χ1) is 9.69. The number of nitrogens with zero attached hydrogens (tertiary/aromatic N) is 1. The Morgan fingerprint density at radius 3 is 2.35 bits per heavy atom. The van der Waals surface area contributed by atoms with Crippen molar-refractivity contribution in [2.75, 3.05) is 0 Å². The van der Waals surface area contributed by atoms with E-state index in [0.29, 0.717) is 17.0 Å². The molecule has 0 aliphatic carbocycles. The summed E-state index contributed by atoms with van der Waals surface area (Å²) in [7, 11) is 0. The number of rotatable bonds is 4. The molecule has 0 saturated heterocycles. The van der Waals surface area contributed by atoms with Crippen LogP contribution in [-0.4, -0.2) is 16.9 Å². The molecule has 0 saturated carbocycles. The fraction of sp³-hybridized carbons (Fsp3) is 0. The van der Waals surface area contributed by atoms with E-state index in [9.17, 15) is 10.0 Å². The Hall–Kier alpha value is -2.88. The van der Waals surface area contributed by atoms with Gasteiger partial charge in [0.2, 0.25) is 5.69 Å². The number of benzene rings is 2. The van der Waals surface area contributed by atoms with Gasteiger partial charge in [0.25, 0.3) is 0 Å². The van der Waals surface area contributed by atoms with Crippen molar-refractivity contribution in [2.45, 2.75) is 0 Å². The zero-order chi connectivity index (χ0) is 14.4. The van der Waals surface area contributed by atoms with E-state index in [1.165, 1.54) is 6.21 Å². The van der Waals surface area contributed by atoms with Gasteiger partial charge in [-0.15, -0.1) is 0 Å². The summed E-state index contributed by atoms with van der Waals surface area (Å²) in [6.07, 6.45) is 2.54. The van der Waals surface area contributed by atoms with E-state index in [2.05, 4.69) is 6.58 Å². The summed E-state index contributed by atoms with van der Waals surface area (Å²) in [6, 6.07) is 15.5. The molecule has 0 aliphatic rings. The Bertz CT molecular complexity index is 631. The van der Waals surface area contributed by atoms with E-state index in [-0.39, 0.29) is 0 Å². The first kappa shape index (κ1) is 13.5. The Morgan fingerprint density at radius 1 is 1.10 bits per heavy atom. The maximum atomic E-state index is 11.9. The Morgan fingerprint density at radius 2 is 1.75 bits per heavy atom. The second kappa shape index (κ2) is 6.33. The molecule has 0 aromatic heterocycles. The highest BCUT2D eigenvalue weighted by Gasteiger charge is 2.02. The maximum absolute atomic E-state index is 11.9. The Labute approximate surface area is 116 Å². The number of carbonyl (C=O) groups is 1. The first-order valence-electron chi connectivity index (χ1n) is 5.99. The molecule has 0 radical (unpaired) electrons. The van der Waals surface area contributed by atoms with Crippen LogP contribution < -0.4 is 4.74 Å². The summed E-state index contributed by atoms with van der Waals surface area (Å²) in [5.41, 5.74) is 1.26. The summed E-state index contributed by atoms with van der Waals surface area (Å²) in [5.74, 6) is -0.110.